The fourth-order valence-corrected chi connectivity index (χ4v) is 0.749. The third-order valence-corrected chi connectivity index (χ3v) is 1.35. The number of alkyl halides is 3. The van der Waals surface area contributed by atoms with Crippen molar-refractivity contribution in [1.29, 1.82) is 0 Å². The number of aldehydes is 1. The second kappa shape index (κ2) is 4.59. The Hall–Kier alpha value is -1.59. The molecule has 76 valence electrons. The molecule has 1 aromatic heterocycles. The summed E-state index contributed by atoms with van der Waals surface area (Å²) in [7, 11) is 0. The minimum absolute atomic E-state index is 0.0733. The molecule has 0 aliphatic carbocycles. The lowest BCUT2D eigenvalue weighted by molar-refractivity contribution is -0.0692. The number of hydrogen-bond acceptors (Lipinski definition) is 3. The number of ether oxygens (including phenoxy) is 1. The van der Waals surface area contributed by atoms with Gasteiger partial charge in [0.2, 0.25) is 5.88 Å². The highest BCUT2D eigenvalue weighted by Crippen LogP contribution is 2.16. The van der Waals surface area contributed by atoms with Crippen LogP contribution in [0.15, 0.2) is 18.3 Å². The highest BCUT2D eigenvalue weighted by Gasteiger charge is 2.22. The van der Waals surface area contributed by atoms with Crippen molar-refractivity contribution in [1.82, 2.24) is 4.98 Å². The molecule has 14 heavy (non-hydrogen) atoms. The minimum atomic E-state index is -3.27. The van der Waals surface area contributed by atoms with E-state index in [2.05, 4.69) is 9.72 Å². The molecule has 1 atom stereocenters. The Labute approximate surface area is 77.5 Å². The van der Waals surface area contributed by atoms with Crippen LogP contribution < -0.4 is 4.74 Å². The summed E-state index contributed by atoms with van der Waals surface area (Å²) in [6.45, 7) is 0. The summed E-state index contributed by atoms with van der Waals surface area (Å²) < 4.78 is 40.0. The van der Waals surface area contributed by atoms with Crippen LogP contribution in [-0.2, 0) is 0 Å². The molecule has 1 aromatic rings. The van der Waals surface area contributed by atoms with Crippen LogP contribution in [0.3, 0.4) is 0 Å². The number of halogens is 3. The average molecular weight is 205 g/mol. The highest BCUT2D eigenvalue weighted by atomic mass is 19.3. The zero-order valence-electron chi connectivity index (χ0n) is 6.86. The number of hydrogen-bond donors (Lipinski definition) is 0. The number of pyridine rings is 1. The fourth-order valence-electron chi connectivity index (χ4n) is 0.749. The van der Waals surface area contributed by atoms with Gasteiger partial charge in [0.05, 0.1) is 5.56 Å². The van der Waals surface area contributed by atoms with Gasteiger partial charge in [-0.05, 0) is 12.1 Å². The van der Waals surface area contributed by atoms with Gasteiger partial charge in [-0.15, -0.1) is 0 Å². The maximum Gasteiger partial charge on any atom is 0.304 e. The van der Waals surface area contributed by atoms with E-state index < -0.39 is 18.7 Å². The molecule has 0 aliphatic rings. The number of nitrogens with zero attached hydrogens (tertiary/aromatic N) is 1. The van der Waals surface area contributed by atoms with E-state index >= 15 is 0 Å². The fraction of sp³-hybridized carbons (Fsp3) is 0.250. The maximum atomic E-state index is 12.4. The van der Waals surface area contributed by atoms with E-state index in [9.17, 15) is 18.0 Å². The van der Waals surface area contributed by atoms with Gasteiger partial charge in [-0.1, -0.05) is 0 Å². The molecule has 0 radical (unpaired) electrons. The molecule has 1 unspecified atom stereocenters. The zero-order valence-corrected chi connectivity index (χ0v) is 6.86. The Morgan fingerprint density at radius 3 is 2.71 bits per heavy atom. The average Bonchev–Trinajstić information content (AvgIpc) is 2.18. The molecule has 1 heterocycles. The molecule has 0 bridgehead atoms. The van der Waals surface area contributed by atoms with Gasteiger partial charge in [-0.3, -0.25) is 4.79 Å². The molecular formula is C8H6F3NO2. The van der Waals surface area contributed by atoms with Crippen LogP contribution in [0.2, 0.25) is 0 Å². The lowest BCUT2D eigenvalue weighted by atomic mass is 10.3. The van der Waals surface area contributed by atoms with Crippen molar-refractivity contribution in [2.75, 3.05) is 0 Å². The normalized spacial score (nSPS) is 12.6. The Morgan fingerprint density at radius 1 is 1.43 bits per heavy atom. The lowest BCUT2D eigenvalue weighted by Gasteiger charge is -2.10. The van der Waals surface area contributed by atoms with Crippen LogP contribution in [0.5, 0.6) is 5.88 Å². The van der Waals surface area contributed by atoms with Crippen LogP contribution >= 0.6 is 0 Å². The van der Waals surface area contributed by atoms with Crippen LogP contribution in [0, 0.1) is 0 Å². The van der Waals surface area contributed by atoms with Crippen LogP contribution in [-0.4, -0.2) is 24.1 Å². The Balaban J connectivity index is 2.80. The topological polar surface area (TPSA) is 39.2 Å². The van der Waals surface area contributed by atoms with Gasteiger partial charge in [-0.25, -0.2) is 13.8 Å². The SMILES string of the molecule is O=Cc1cccnc1OC(F)C(F)F. The van der Waals surface area contributed by atoms with Gasteiger partial charge < -0.3 is 4.74 Å². The van der Waals surface area contributed by atoms with Crippen molar-refractivity contribution in [2.45, 2.75) is 12.8 Å². The van der Waals surface area contributed by atoms with Crippen LogP contribution in [0.1, 0.15) is 10.4 Å². The van der Waals surface area contributed by atoms with Crippen molar-refractivity contribution >= 4 is 6.29 Å². The predicted octanol–water partition coefficient (Wildman–Crippen LogP) is 1.83. The number of aromatic nitrogens is 1. The summed E-state index contributed by atoms with van der Waals surface area (Å²) in [5.74, 6) is -0.435. The third kappa shape index (κ3) is 2.45. The summed E-state index contributed by atoms with van der Waals surface area (Å²) in [6, 6.07) is 2.69. The van der Waals surface area contributed by atoms with Crippen molar-refractivity contribution in [3.05, 3.63) is 23.9 Å². The van der Waals surface area contributed by atoms with Gasteiger partial charge in [0.25, 0.3) is 6.36 Å². The summed E-state index contributed by atoms with van der Waals surface area (Å²) in [5.41, 5.74) is -0.0733. The Morgan fingerprint density at radius 2 is 2.14 bits per heavy atom. The molecule has 0 aromatic carbocycles. The van der Waals surface area contributed by atoms with E-state index in [-0.39, 0.29) is 5.56 Å². The monoisotopic (exact) mass is 205 g/mol. The summed E-state index contributed by atoms with van der Waals surface area (Å²) in [5, 5.41) is 0. The molecule has 0 amide bonds. The smallest absolute Gasteiger partial charge is 0.304 e. The second-order valence-corrected chi connectivity index (χ2v) is 2.32. The molecule has 1 rings (SSSR count). The van der Waals surface area contributed by atoms with Crippen molar-refractivity contribution in [3.63, 3.8) is 0 Å². The molecule has 0 saturated heterocycles. The largest absolute Gasteiger partial charge is 0.436 e. The quantitative estimate of drug-likeness (QED) is 0.704. The number of carbonyl (C=O) groups excluding carboxylic acids is 1. The summed E-state index contributed by atoms with van der Waals surface area (Å²) >= 11 is 0. The van der Waals surface area contributed by atoms with E-state index in [1.54, 1.807) is 0 Å². The summed E-state index contributed by atoms with van der Waals surface area (Å²) in [6.07, 6.45) is -4.48. The minimum Gasteiger partial charge on any atom is -0.436 e. The maximum absolute atomic E-state index is 12.4. The van der Waals surface area contributed by atoms with Crippen molar-refractivity contribution in [2.24, 2.45) is 0 Å². The van der Waals surface area contributed by atoms with E-state index in [0.717, 1.165) is 0 Å². The van der Waals surface area contributed by atoms with Gasteiger partial charge in [0.1, 0.15) is 0 Å². The molecule has 6 heteroatoms. The third-order valence-electron chi connectivity index (χ3n) is 1.35. The van der Waals surface area contributed by atoms with Gasteiger partial charge in [-0.2, -0.15) is 4.39 Å². The van der Waals surface area contributed by atoms with Gasteiger partial charge >= 0.3 is 6.43 Å². The van der Waals surface area contributed by atoms with Crippen molar-refractivity contribution < 1.29 is 22.7 Å². The molecular weight excluding hydrogens is 199 g/mol. The molecule has 0 fully saturated rings. The lowest BCUT2D eigenvalue weighted by Crippen LogP contribution is -2.20. The standard InChI is InChI=1S/C8H6F3NO2/c9-6(10)7(11)14-8-5(4-13)2-1-3-12-8/h1-4,6-7H. The van der Waals surface area contributed by atoms with E-state index in [1.807, 2.05) is 0 Å². The number of rotatable bonds is 4. The molecule has 0 spiro atoms. The highest BCUT2D eigenvalue weighted by molar-refractivity contribution is 5.77. The summed E-state index contributed by atoms with van der Waals surface area (Å²) in [4.78, 5) is 13.8. The molecule has 0 saturated carbocycles. The van der Waals surface area contributed by atoms with E-state index in [0.29, 0.717) is 6.29 Å². The van der Waals surface area contributed by atoms with E-state index in [4.69, 9.17) is 0 Å². The number of carbonyl (C=O) groups is 1. The van der Waals surface area contributed by atoms with Gasteiger partial charge in [0.15, 0.2) is 6.29 Å². The van der Waals surface area contributed by atoms with Crippen LogP contribution in [0.4, 0.5) is 13.2 Å². The molecule has 0 aliphatic heterocycles. The van der Waals surface area contributed by atoms with Gasteiger partial charge in [0, 0.05) is 6.20 Å². The Kier molecular flexibility index (Phi) is 3.44. The van der Waals surface area contributed by atoms with E-state index in [1.165, 1.54) is 18.3 Å². The first-order valence-corrected chi connectivity index (χ1v) is 3.64. The zero-order chi connectivity index (χ0) is 10.6. The molecule has 3 nitrogen and oxygen atoms in total. The molecule has 0 N–H and O–H groups in total. The van der Waals surface area contributed by atoms with Crippen molar-refractivity contribution in [3.8, 4) is 5.88 Å². The first-order chi connectivity index (χ1) is 6.65. The van der Waals surface area contributed by atoms with Crippen LogP contribution in [0.25, 0.3) is 0 Å². The predicted molar refractivity (Wildman–Crippen MR) is 41.2 cm³/mol. The second-order valence-electron chi connectivity index (χ2n) is 2.32. The Bertz CT molecular complexity index is 319. The first kappa shape index (κ1) is 10.5. The first-order valence-electron chi connectivity index (χ1n) is 3.64.